The van der Waals surface area contributed by atoms with Crippen LogP contribution in [0, 0.1) is 11.8 Å². The van der Waals surface area contributed by atoms with Gasteiger partial charge in [-0.3, -0.25) is 4.90 Å². The number of nitrogens with zero attached hydrogens (tertiary/aromatic N) is 2. The number of urea groups is 1. The van der Waals surface area contributed by atoms with E-state index in [2.05, 4.69) is 13.8 Å². The maximum Gasteiger partial charge on any atom is 0.337 e. The van der Waals surface area contributed by atoms with Crippen LogP contribution in [-0.4, -0.2) is 42.1 Å². The number of anilines is 1. The number of rotatable bonds is 2. The average Bonchev–Trinajstić information content (AvgIpc) is 2.44. The highest BCUT2D eigenvalue weighted by Crippen LogP contribution is 2.25. The molecule has 1 fully saturated rings. The SMILES string of the molecule is CC1CC(C)CN(C(=O)N(C)c2ccccc2C(=O)O)C1. The van der Waals surface area contributed by atoms with Gasteiger partial charge >= 0.3 is 12.0 Å². The fourth-order valence-electron chi connectivity index (χ4n) is 3.08. The van der Waals surface area contributed by atoms with Crippen LogP contribution in [0.25, 0.3) is 0 Å². The summed E-state index contributed by atoms with van der Waals surface area (Å²) < 4.78 is 0. The Labute approximate surface area is 125 Å². The van der Waals surface area contributed by atoms with Crippen molar-refractivity contribution < 1.29 is 14.7 Å². The van der Waals surface area contributed by atoms with Crippen molar-refractivity contribution >= 4 is 17.7 Å². The predicted octanol–water partition coefficient (Wildman–Crippen LogP) is 2.92. The first-order valence-corrected chi connectivity index (χ1v) is 7.25. The summed E-state index contributed by atoms with van der Waals surface area (Å²) >= 11 is 0. The lowest BCUT2D eigenvalue weighted by atomic mass is 9.92. The number of likely N-dealkylation sites (tertiary alicyclic amines) is 1. The van der Waals surface area contributed by atoms with Crippen LogP contribution >= 0.6 is 0 Å². The number of carboxylic acids is 1. The molecule has 0 bridgehead atoms. The number of amides is 2. The number of aromatic carboxylic acids is 1. The Bertz CT molecular complexity index is 534. The van der Waals surface area contributed by atoms with E-state index in [1.165, 1.54) is 11.0 Å². The molecule has 1 aromatic carbocycles. The molecule has 21 heavy (non-hydrogen) atoms. The van der Waals surface area contributed by atoms with Crippen molar-refractivity contribution in [3.05, 3.63) is 29.8 Å². The van der Waals surface area contributed by atoms with Crippen molar-refractivity contribution in [3.8, 4) is 0 Å². The fourth-order valence-corrected chi connectivity index (χ4v) is 3.08. The number of benzene rings is 1. The number of carbonyl (C=O) groups is 2. The number of para-hydroxylation sites is 1. The number of piperidine rings is 1. The van der Waals surface area contributed by atoms with Gasteiger partial charge in [0, 0.05) is 20.1 Å². The van der Waals surface area contributed by atoms with Gasteiger partial charge < -0.3 is 10.0 Å². The molecule has 1 aliphatic heterocycles. The van der Waals surface area contributed by atoms with Crippen molar-refractivity contribution in [1.82, 2.24) is 4.90 Å². The van der Waals surface area contributed by atoms with E-state index in [4.69, 9.17) is 0 Å². The molecule has 5 heteroatoms. The van der Waals surface area contributed by atoms with Crippen LogP contribution in [-0.2, 0) is 0 Å². The molecule has 0 spiro atoms. The molecule has 114 valence electrons. The summed E-state index contributed by atoms with van der Waals surface area (Å²) in [6.07, 6.45) is 1.12. The number of carboxylic acid groups (broad SMARTS) is 1. The van der Waals surface area contributed by atoms with Gasteiger partial charge in [-0.2, -0.15) is 0 Å². The van der Waals surface area contributed by atoms with Crippen molar-refractivity contribution in [3.63, 3.8) is 0 Å². The second kappa shape index (κ2) is 6.16. The van der Waals surface area contributed by atoms with E-state index in [9.17, 15) is 14.7 Å². The molecule has 2 atom stereocenters. The second-order valence-corrected chi connectivity index (χ2v) is 6.01. The summed E-state index contributed by atoms with van der Waals surface area (Å²) in [7, 11) is 1.63. The first-order valence-electron chi connectivity index (χ1n) is 7.25. The minimum atomic E-state index is -1.02. The highest BCUT2D eigenvalue weighted by Gasteiger charge is 2.28. The molecule has 1 aromatic rings. The summed E-state index contributed by atoms with van der Waals surface area (Å²) in [5.41, 5.74) is 0.576. The Morgan fingerprint density at radius 3 is 2.33 bits per heavy atom. The topological polar surface area (TPSA) is 60.9 Å². The lowest BCUT2D eigenvalue weighted by Crippen LogP contribution is -2.48. The van der Waals surface area contributed by atoms with E-state index >= 15 is 0 Å². The van der Waals surface area contributed by atoms with Crippen LogP contribution < -0.4 is 4.90 Å². The van der Waals surface area contributed by atoms with Gasteiger partial charge in [0.05, 0.1) is 11.3 Å². The first-order chi connectivity index (χ1) is 9.90. The Morgan fingerprint density at radius 1 is 1.19 bits per heavy atom. The molecular formula is C16H22N2O3. The van der Waals surface area contributed by atoms with Gasteiger partial charge in [0.25, 0.3) is 0 Å². The Balaban J connectivity index is 2.21. The van der Waals surface area contributed by atoms with Crippen LogP contribution in [0.15, 0.2) is 24.3 Å². The summed E-state index contributed by atoms with van der Waals surface area (Å²) in [5, 5.41) is 9.24. The molecule has 2 amide bonds. The third kappa shape index (κ3) is 3.35. The first kappa shape index (κ1) is 15.4. The number of hydrogen-bond acceptors (Lipinski definition) is 2. The maximum absolute atomic E-state index is 12.6. The maximum atomic E-state index is 12.6. The molecule has 2 rings (SSSR count). The zero-order valence-electron chi connectivity index (χ0n) is 12.7. The van der Waals surface area contributed by atoms with Crippen molar-refractivity contribution in [2.75, 3.05) is 25.0 Å². The van der Waals surface area contributed by atoms with Gasteiger partial charge in [-0.25, -0.2) is 9.59 Å². The molecule has 1 heterocycles. The zero-order valence-corrected chi connectivity index (χ0v) is 12.7. The number of carbonyl (C=O) groups excluding carboxylic acids is 1. The highest BCUT2D eigenvalue weighted by atomic mass is 16.4. The van der Waals surface area contributed by atoms with Crippen LogP contribution in [0.1, 0.15) is 30.6 Å². The lowest BCUT2D eigenvalue weighted by molar-refractivity contribution is 0.0697. The van der Waals surface area contributed by atoms with Gasteiger partial charge in [-0.05, 0) is 30.4 Å². The molecule has 1 aliphatic rings. The molecule has 5 nitrogen and oxygen atoms in total. The minimum absolute atomic E-state index is 0.137. The van der Waals surface area contributed by atoms with Crippen LogP contribution in [0.4, 0.5) is 10.5 Å². The van der Waals surface area contributed by atoms with Crippen molar-refractivity contribution in [1.29, 1.82) is 0 Å². The summed E-state index contributed by atoms with van der Waals surface area (Å²) in [6.45, 7) is 5.73. The Kier molecular flexibility index (Phi) is 4.50. The van der Waals surface area contributed by atoms with E-state index in [-0.39, 0.29) is 11.6 Å². The Morgan fingerprint density at radius 2 is 1.76 bits per heavy atom. The highest BCUT2D eigenvalue weighted by molar-refractivity contribution is 6.01. The van der Waals surface area contributed by atoms with Crippen LogP contribution in [0.2, 0.25) is 0 Å². The van der Waals surface area contributed by atoms with Gasteiger partial charge in [0.15, 0.2) is 0 Å². The average molecular weight is 290 g/mol. The molecule has 1 saturated heterocycles. The fraction of sp³-hybridized carbons (Fsp3) is 0.500. The smallest absolute Gasteiger partial charge is 0.337 e. The van der Waals surface area contributed by atoms with E-state index in [1.54, 1.807) is 25.2 Å². The van der Waals surface area contributed by atoms with Crippen LogP contribution in [0.5, 0.6) is 0 Å². The van der Waals surface area contributed by atoms with Crippen molar-refractivity contribution in [2.24, 2.45) is 11.8 Å². The van der Waals surface area contributed by atoms with Crippen molar-refractivity contribution in [2.45, 2.75) is 20.3 Å². The molecular weight excluding hydrogens is 268 g/mol. The zero-order chi connectivity index (χ0) is 15.6. The second-order valence-electron chi connectivity index (χ2n) is 6.01. The van der Waals surface area contributed by atoms with Gasteiger partial charge in [0.1, 0.15) is 0 Å². The largest absolute Gasteiger partial charge is 0.478 e. The standard InChI is InChI=1S/C16H22N2O3/c1-11-8-12(2)10-18(9-11)16(21)17(3)14-7-5-4-6-13(14)15(19)20/h4-7,11-12H,8-10H2,1-3H3,(H,19,20). The molecule has 0 aromatic heterocycles. The van der Waals surface area contributed by atoms with E-state index in [1.807, 2.05) is 4.90 Å². The summed E-state index contributed by atoms with van der Waals surface area (Å²) in [4.78, 5) is 27.2. The van der Waals surface area contributed by atoms with Gasteiger partial charge in [-0.1, -0.05) is 26.0 Å². The third-order valence-electron chi connectivity index (χ3n) is 3.92. The summed E-state index contributed by atoms with van der Waals surface area (Å²) in [5.74, 6) is -0.0766. The monoisotopic (exact) mass is 290 g/mol. The number of hydrogen-bond donors (Lipinski definition) is 1. The quantitative estimate of drug-likeness (QED) is 0.911. The molecule has 0 saturated carbocycles. The minimum Gasteiger partial charge on any atom is -0.478 e. The normalized spacial score (nSPS) is 22.0. The van der Waals surface area contributed by atoms with E-state index in [0.717, 1.165) is 19.5 Å². The van der Waals surface area contributed by atoms with Gasteiger partial charge in [-0.15, -0.1) is 0 Å². The molecule has 2 unspecified atom stereocenters. The van der Waals surface area contributed by atoms with Crippen LogP contribution in [0.3, 0.4) is 0 Å². The summed E-state index contributed by atoms with van der Waals surface area (Å²) in [6, 6.07) is 6.45. The predicted molar refractivity (Wildman–Crippen MR) is 81.7 cm³/mol. The van der Waals surface area contributed by atoms with E-state index in [0.29, 0.717) is 17.5 Å². The molecule has 0 radical (unpaired) electrons. The molecule has 1 N–H and O–H groups in total. The van der Waals surface area contributed by atoms with Gasteiger partial charge in [0.2, 0.25) is 0 Å². The Hall–Kier alpha value is -2.04. The molecule has 0 aliphatic carbocycles. The van der Waals surface area contributed by atoms with E-state index < -0.39 is 5.97 Å². The third-order valence-corrected chi connectivity index (χ3v) is 3.92. The lowest BCUT2D eigenvalue weighted by Gasteiger charge is -2.37.